The van der Waals surface area contributed by atoms with Crippen LogP contribution < -0.4 is 10.6 Å². The smallest absolute Gasteiger partial charge is 0.249 e. The zero-order chi connectivity index (χ0) is 21.1. The van der Waals surface area contributed by atoms with E-state index in [1.807, 2.05) is 59.3 Å². The van der Waals surface area contributed by atoms with Crippen molar-refractivity contribution in [2.24, 2.45) is 0 Å². The van der Waals surface area contributed by atoms with Gasteiger partial charge in [-0.05, 0) is 30.2 Å². The van der Waals surface area contributed by atoms with E-state index in [2.05, 4.69) is 27.5 Å². The number of rotatable bonds is 7. The fraction of sp³-hybridized carbons (Fsp3) is 0.261. The summed E-state index contributed by atoms with van der Waals surface area (Å²) in [5, 5.41) is 6.77. The molecule has 0 spiro atoms. The summed E-state index contributed by atoms with van der Waals surface area (Å²) in [5.41, 5.74) is 3.78. The van der Waals surface area contributed by atoms with Gasteiger partial charge >= 0.3 is 0 Å². The molecule has 0 saturated heterocycles. The number of aryl methyl sites for hydroxylation is 1. The number of carbonyl (C=O) groups excluding carboxylic acids is 2. The molecule has 0 bridgehead atoms. The third-order valence-electron chi connectivity index (χ3n) is 5.13. The highest BCUT2D eigenvalue weighted by atomic mass is 16.2. The summed E-state index contributed by atoms with van der Waals surface area (Å²) in [5.74, 6) is -0.0440. The maximum absolute atomic E-state index is 13.2. The first-order valence-corrected chi connectivity index (χ1v) is 10.1. The van der Waals surface area contributed by atoms with E-state index in [4.69, 9.17) is 0 Å². The van der Waals surface area contributed by atoms with Gasteiger partial charge in [-0.2, -0.15) is 0 Å². The third-order valence-corrected chi connectivity index (χ3v) is 5.13. The normalized spacial score (nSPS) is 12.2. The molecule has 1 atom stereocenters. The number of para-hydroxylation sites is 3. The number of aromatic amines is 1. The third kappa shape index (κ3) is 3.91. The fourth-order valence-corrected chi connectivity index (χ4v) is 3.79. The maximum Gasteiger partial charge on any atom is 0.249 e. The highest BCUT2D eigenvalue weighted by Crippen LogP contribution is 2.22. The van der Waals surface area contributed by atoms with Gasteiger partial charge in [0.15, 0.2) is 0 Å². The predicted octanol–water partition coefficient (Wildman–Crippen LogP) is 3.61. The number of aromatic nitrogens is 3. The number of fused-ring (bicyclic) bond motifs is 2. The van der Waals surface area contributed by atoms with Crippen molar-refractivity contribution in [1.82, 2.24) is 19.9 Å². The molecule has 1 unspecified atom stereocenters. The van der Waals surface area contributed by atoms with Crippen LogP contribution in [0.5, 0.6) is 0 Å². The molecule has 0 saturated carbocycles. The van der Waals surface area contributed by atoms with Crippen molar-refractivity contribution in [1.29, 1.82) is 0 Å². The van der Waals surface area contributed by atoms with Crippen LogP contribution in [-0.4, -0.2) is 32.4 Å². The van der Waals surface area contributed by atoms with E-state index in [-0.39, 0.29) is 11.8 Å². The van der Waals surface area contributed by atoms with Gasteiger partial charge in [-0.1, -0.05) is 37.3 Å². The molecule has 7 nitrogen and oxygen atoms in total. The number of hydrogen-bond donors (Lipinski definition) is 3. The van der Waals surface area contributed by atoms with Crippen molar-refractivity contribution in [3.05, 3.63) is 60.3 Å². The van der Waals surface area contributed by atoms with Gasteiger partial charge in [-0.25, -0.2) is 4.98 Å². The first-order valence-electron chi connectivity index (χ1n) is 10.1. The van der Waals surface area contributed by atoms with Crippen LogP contribution in [0.2, 0.25) is 0 Å². The summed E-state index contributed by atoms with van der Waals surface area (Å²) in [6.45, 7) is 4.24. The van der Waals surface area contributed by atoms with Gasteiger partial charge in [-0.3, -0.25) is 14.9 Å². The van der Waals surface area contributed by atoms with Crippen LogP contribution in [0.15, 0.2) is 54.7 Å². The molecule has 2 amide bonds. The van der Waals surface area contributed by atoms with Crippen molar-refractivity contribution in [3.63, 3.8) is 0 Å². The zero-order valence-electron chi connectivity index (χ0n) is 17.1. The van der Waals surface area contributed by atoms with E-state index < -0.39 is 6.04 Å². The quantitative estimate of drug-likeness (QED) is 0.440. The summed E-state index contributed by atoms with van der Waals surface area (Å²) in [6, 6.07) is 15.0. The number of H-pyrrole nitrogens is 1. The van der Waals surface area contributed by atoms with Crippen LogP contribution in [0.3, 0.4) is 0 Å². The lowest BCUT2D eigenvalue weighted by Crippen LogP contribution is -2.44. The van der Waals surface area contributed by atoms with E-state index >= 15 is 0 Å². The van der Waals surface area contributed by atoms with Crippen LogP contribution in [0.4, 0.5) is 5.95 Å². The lowest BCUT2D eigenvalue weighted by atomic mass is 10.0. The van der Waals surface area contributed by atoms with Crippen molar-refractivity contribution in [2.45, 2.75) is 39.3 Å². The number of nitrogens with one attached hydrogen (secondary N) is 3. The van der Waals surface area contributed by atoms with E-state index in [0.29, 0.717) is 12.4 Å². The first kappa shape index (κ1) is 19.7. The molecule has 2 heterocycles. The molecule has 30 heavy (non-hydrogen) atoms. The molecule has 154 valence electrons. The number of anilines is 1. The van der Waals surface area contributed by atoms with Crippen molar-refractivity contribution >= 4 is 39.7 Å². The minimum absolute atomic E-state index is 0.253. The van der Waals surface area contributed by atoms with E-state index in [1.165, 1.54) is 6.92 Å². The lowest BCUT2D eigenvalue weighted by Gasteiger charge is -2.18. The number of amides is 2. The zero-order valence-corrected chi connectivity index (χ0v) is 17.1. The summed E-state index contributed by atoms with van der Waals surface area (Å²) >= 11 is 0. The molecule has 7 heteroatoms. The highest BCUT2D eigenvalue weighted by Gasteiger charge is 2.23. The van der Waals surface area contributed by atoms with Crippen LogP contribution >= 0.6 is 0 Å². The number of hydrogen-bond acceptors (Lipinski definition) is 3. The van der Waals surface area contributed by atoms with Crippen molar-refractivity contribution in [2.75, 3.05) is 5.32 Å². The molecule has 2 aromatic heterocycles. The van der Waals surface area contributed by atoms with Crippen LogP contribution in [0.25, 0.3) is 21.9 Å². The molecule has 4 rings (SSSR count). The fourth-order valence-electron chi connectivity index (χ4n) is 3.79. The highest BCUT2D eigenvalue weighted by molar-refractivity contribution is 5.98. The van der Waals surface area contributed by atoms with Crippen LogP contribution in [0.1, 0.15) is 25.8 Å². The average Bonchev–Trinajstić information content (AvgIpc) is 3.29. The molecule has 4 aromatic rings. The van der Waals surface area contributed by atoms with E-state index in [9.17, 15) is 9.59 Å². The van der Waals surface area contributed by atoms with Crippen LogP contribution in [0, 0.1) is 0 Å². The van der Waals surface area contributed by atoms with E-state index in [0.717, 1.165) is 40.5 Å². The molecular formula is C23H25N5O2. The molecule has 3 N–H and O–H groups in total. The summed E-state index contributed by atoms with van der Waals surface area (Å²) in [6.07, 6.45) is 3.18. The summed E-state index contributed by atoms with van der Waals surface area (Å²) < 4.78 is 2.00. The number of carbonyl (C=O) groups is 2. The number of imidazole rings is 1. The first-order chi connectivity index (χ1) is 14.6. The molecular weight excluding hydrogens is 378 g/mol. The van der Waals surface area contributed by atoms with Gasteiger partial charge in [-0.15, -0.1) is 0 Å². The monoisotopic (exact) mass is 403 g/mol. The van der Waals surface area contributed by atoms with Gasteiger partial charge in [0.05, 0.1) is 11.0 Å². The van der Waals surface area contributed by atoms with Crippen molar-refractivity contribution in [3.8, 4) is 0 Å². The minimum Gasteiger partial charge on any atom is -0.361 e. The second-order valence-corrected chi connectivity index (χ2v) is 7.38. The Balaban J connectivity index is 1.62. The van der Waals surface area contributed by atoms with Gasteiger partial charge < -0.3 is 14.9 Å². The summed E-state index contributed by atoms with van der Waals surface area (Å²) in [7, 11) is 0. The topological polar surface area (TPSA) is 91.8 Å². The Bertz CT molecular complexity index is 1210. The van der Waals surface area contributed by atoms with Gasteiger partial charge in [0, 0.05) is 37.0 Å². The van der Waals surface area contributed by atoms with Gasteiger partial charge in [0.1, 0.15) is 6.04 Å². The second-order valence-electron chi connectivity index (χ2n) is 7.38. The Morgan fingerprint density at radius 3 is 2.70 bits per heavy atom. The van der Waals surface area contributed by atoms with Crippen LogP contribution in [-0.2, 0) is 22.6 Å². The Hall–Kier alpha value is -3.61. The van der Waals surface area contributed by atoms with Gasteiger partial charge in [0.25, 0.3) is 0 Å². The Morgan fingerprint density at radius 1 is 1.13 bits per heavy atom. The Labute approximate surface area is 174 Å². The SMILES string of the molecule is CCCn1c(NC(=O)C(Cc2c[nH]c3ccccc23)NC(C)=O)nc2ccccc21. The van der Waals surface area contributed by atoms with Gasteiger partial charge in [0.2, 0.25) is 17.8 Å². The van der Waals surface area contributed by atoms with E-state index in [1.54, 1.807) is 0 Å². The number of nitrogens with zero attached hydrogens (tertiary/aromatic N) is 2. The summed E-state index contributed by atoms with van der Waals surface area (Å²) in [4.78, 5) is 32.8. The Morgan fingerprint density at radius 2 is 1.90 bits per heavy atom. The average molecular weight is 403 g/mol. The number of benzene rings is 2. The molecule has 2 aromatic carbocycles. The minimum atomic E-state index is -0.711. The molecule has 0 radical (unpaired) electrons. The molecule has 0 aliphatic carbocycles. The standard InChI is InChI=1S/C23H25N5O2/c1-3-12-28-21-11-7-6-10-19(21)26-23(28)27-22(30)20(25-15(2)29)13-16-14-24-18-9-5-4-8-17(16)18/h4-11,14,20,24H,3,12-13H2,1-2H3,(H,25,29)(H,26,27,30). The predicted molar refractivity (Wildman–Crippen MR) is 118 cm³/mol. The largest absolute Gasteiger partial charge is 0.361 e. The maximum atomic E-state index is 13.2. The molecule has 0 fully saturated rings. The van der Waals surface area contributed by atoms with Crippen molar-refractivity contribution < 1.29 is 9.59 Å². The molecule has 0 aliphatic heterocycles. The lowest BCUT2D eigenvalue weighted by molar-refractivity contribution is -0.125. The Kier molecular flexibility index (Phi) is 5.52. The molecule has 0 aliphatic rings. The second kappa shape index (κ2) is 8.41.